The van der Waals surface area contributed by atoms with Gasteiger partial charge in [0.05, 0.1) is 5.92 Å². The molecule has 1 aromatic rings. The Balaban J connectivity index is 2.65. The van der Waals surface area contributed by atoms with E-state index in [4.69, 9.17) is 17.3 Å². The van der Waals surface area contributed by atoms with Gasteiger partial charge >= 0.3 is 0 Å². The zero-order valence-corrected chi connectivity index (χ0v) is 9.29. The Kier molecular flexibility index (Phi) is 4.52. The van der Waals surface area contributed by atoms with Crippen LogP contribution < -0.4 is 11.1 Å². The Morgan fingerprint density at radius 2 is 2.47 bits per heavy atom. The van der Waals surface area contributed by atoms with E-state index in [2.05, 4.69) is 10.3 Å². The van der Waals surface area contributed by atoms with Crippen LogP contribution in [0.2, 0.25) is 5.15 Å². The van der Waals surface area contributed by atoms with Crippen molar-refractivity contribution in [3.05, 3.63) is 23.5 Å². The molecule has 1 amide bonds. The number of nitrogens with zero attached hydrogens (tertiary/aromatic N) is 1. The first kappa shape index (κ1) is 11.9. The third-order valence-electron chi connectivity index (χ3n) is 2.14. The van der Waals surface area contributed by atoms with Gasteiger partial charge in [-0.25, -0.2) is 4.98 Å². The fourth-order valence-corrected chi connectivity index (χ4v) is 1.36. The molecular formula is C10H14ClN3O. The van der Waals surface area contributed by atoms with Crippen molar-refractivity contribution in [2.75, 3.05) is 11.9 Å². The van der Waals surface area contributed by atoms with Crippen LogP contribution in [-0.2, 0) is 4.79 Å². The molecule has 0 spiro atoms. The fourth-order valence-electron chi connectivity index (χ4n) is 1.18. The number of anilines is 1. The van der Waals surface area contributed by atoms with Crippen LogP contribution in [0.15, 0.2) is 18.3 Å². The van der Waals surface area contributed by atoms with Crippen LogP contribution in [0.1, 0.15) is 13.3 Å². The van der Waals surface area contributed by atoms with Gasteiger partial charge in [-0.15, -0.1) is 0 Å². The first-order chi connectivity index (χ1) is 7.17. The summed E-state index contributed by atoms with van der Waals surface area (Å²) >= 11 is 5.69. The lowest BCUT2D eigenvalue weighted by molar-refractivity contribution is -0.119. The van der Waals surface area contributed by atoms with Crippen molar-refractivity contribution in [2.45, 2.75) is 13.3 Å². The standard InChI is InChI=1S/C10H14ClN3O/c1-2-7(6-12)10(15)14-8-3-4-13-9(11)5-8/h3-5,7H,2,6,12H2,1H3,(H,13,14,15). The van der Waals surface area contributed by atoms with Gasteiger partial charge in [0.25, 0.3) is 0 Å². The molecule has 0 saturated heterocycles. The van der Waals surface area contributed by atoms with E-state index in [0.717, 1.165) is 6.42 Å². The molecule has 0 aliphatic rings. The van der Waals surface area contributed by atoms with Gasteiger partial charge in [-0.05, 0) is 18.6 Å². The van der Waals surface area contributed by atoms with E-state index in [-0.39, 0.29) is 11.8 Å². The molecule has 15 heavy (non-hydrogen) atoms. The van der Waals surface area contributed by atoms with Crippen molar-refractivity contribution in [2.24, 2.45) is 11.7 Å². The smallest absolute Gasteiger partial charge is 0.228 e. The molecule has 0 aromatic carbocycles. The molecule has 0 bridgehead atoms. The van der Waals surface area contributed by atoms with Gasteiger partial charge < -0.3 is 11.1 Å². The quantitative estimate of drug-likeness (QED) is 0.769. The fraction of sp³-hybridized carbons (Fsp3) is 0.400. The number of amides is 1. The predicted molar refractivity (Wildman–Crippen MR) is 60.7 cm³/mol. The summed E-state index contributed by atoms with van der Waals surface area (Å²) in [7, 11) is 0. The number of carbonyl (C=O) groups is 1. The molecule has 0 aliphatic heterocycles. The normalized spacial score (nSPS) is 12.2. The second-order valence-electron chi connectivity index (χ2n) is 3.20. The molecule has 5 heteroatoms. The van der Waals surface area contributed by atoms with Crippen LogP contribution in [0.3, 0.4) is 0 Å². The average Bonchev–Trinajstić information content (AvgIpc) is 2.19. The lowest BCUT2D eigenvalue weighted by Gasteiger charge is -2.12. The highest BCUT2D eigenvalue weighted by Gasteiger charge is 2.14. The minimum absolute atomic E-state index is 0.0812. The molecule has 0 radical (unpaired) electrons. The van der Waals surface area contributed by atoms with Crippen molar-refractivity contribution in [1.82, 2.24) is 4.98 Å². The second kappa shape index (κ2) is 5.68. The van der Waals surface area contributed by atoms with Crippen LogP contribution in [0.4, 0.5) is 5.69 Å². The summed E-state index contributed by atoms with van der Waals surface area (Å²) < 4.78 is 0. The summed E-state index contributed by atoms with van der Waals surface area (Å²) in [5, 5.41) is 3.10. The summed E-state index contributed by atoms with van der Waals surface area (Å²) in [4.78, 5) is 15.5. The molecule has 0 saturated carbocycles. The van der Waals surface area contributed by atoms with Crippen molar-refractivity contribution < 1.29 is 4.79 Å². The number of nitrogens with one attached hydrogen (secondary N) is 1. The third-order valence-corrected chi connectivity index (χ3v) is 2.35. The minimum Gasteiger partial charge on any atom is -0.330 e. The van der Waals surface area contributed by atoms with E-state index in [0.29, 0.717) is 17.4 Å². The van der Waals surface area contributed by atoms with Crippen LogP contribution >= 0.6 is 11.6 Å². The summed E-state index contributed by atoms with van der Waals surface area (Å²) in [5.41, 5.74) is 6.11. The molecule has 1 atom stereocenters. The third kappa shape index (κ3) is 3.49. The van der Waals surface area contributed by atoms with Gasteiger partial charge in [0.1, 0.15) is 5.15 Å². The molecule has 3 N–H and O–H groups in total. The summed E-state index contributed by atoms with van der Waals surface area (Å²) in [5.74, 6) is -0.237. The van der Waals surface area contributed by atoms with Gasteiger partial charge in [-0.3, -0.25) is 4.79 Å². The number of halogens is 1. The molecule has 0 fully saturated rings. The number of aromatic nitrogens is 1. The molecule has 0 aliphatic carbocycles. The molecule has 1 unspecified atom stereocenters. The van der Waals surface area contributed by atoms with Crippen molar-refractivity contribution >= 4 is 23.2 Å². The number of carbonyl (C=O) groups excluding carboxylic acids is 1. The van der Waals surface area contributed by atoms with Gasteiger partial charge in [-0.2, -0.15) is 0 Å². The number of rotatable bonds is 4. The maximum Gasteiger partial charge on any atom is 0.228 e. The summed E-state index contributed by atoms with van der Waals surface area (Å²) in [6.07, 6.45) is 2.27. The molecule has 1 heterocycles. The Morgan fingerprint density at radius 3 is 3.00 bits per heavy atom. The van der Waals surface area contributed by atoms with Crippen LogP contribution in [0.5, 0.6) is 0 Å². The van der Waals surface area contributed by atoms with Gasteiger partial charge in [-0.1, -0.05) is 18.5 Å². The highest BCUT2D eigenvalue weighted by molar-refractivity contribution is 6.29. The Morgan fingerprint density at radius 1 is 1.73 bits per heavy atom. The Bertz CT molecular complexity index is 339. The van der Waals surface area contributed by atoms with Crippen LogP contribution in [0.25, 0.3) is 0 Å². The van der Waals surface area contributed by atoms with E-state index in [1.807, 2.05) is 6.92 Å². The maximum atomic E-state index is 11.6. The van der Waals surface area contributed by atoms with Crippen molar-refractivity contribution in [3.8, 4) is 0 Å². The maximum absolute atomic E-state index is 11.6. The van der Waals surface area contributed by atoms with Crippen molar-refractivity contribution in [1.29, 1.82) is 0 Å². The first-order valence-electron chi connectivity index (χ1n) is 4.79. The van der Waals surface area contributed by atoms with Crippen LogP contribution in [-0.4, -0.2) is 17.4 Å². The minimum atomic E-state index is -0.156. The molecule has 1 rings (SSSR count). The first-order valence-corrected chi connectivity index (χ1v) is 5.17. The highest BCUT2D eigenvalue weighted by atomic mass is 35.5. The molecule has 4 nitrogen and oxygen atoms in total. The molecule has 1 aromatic heterocycles. The van der Waals surface area contributed by atoms with Crippen molar-refractivity contribution in [3.63, 3.8) is 0 Å². The second-order valence-corrected chi connectivity index (χ2v) is 3.58. The van der Waals surface area contributed by atoms with Gasteiger partial charge in [0, 0.05) is 18.4 Å². The average molecular weight is 228 g/mol. The van der Waals surface area contributed by atoms with Gasteiger partial charge in [0.15, 0.2) is 0 Å². The van der Waals surface area contributed by atoms with E-state index in [1.165, 1.54) is 0 Å². The topological polar surface area (TPSA) is 68.0 Å². The predicted octanol–water partition coefficient (Wildman–Crippen LogP) is 1.66. The zero-order chi connectivity index (χ0) is 11.3. The largest absolute Gasteiger partial charge is 0.330 e. The van der Waals surface area contributed by atoms with E-state index < -0.39 is 0 Å². The summed E-state index contributed by atoms with van der Waals surface area (Å²) in [6.45, 7) is 2.28. The highest BCUT2D eigenvalue weighted by Crippen LogP contribution is 2.13. The van der Waals surface area contributed by atoms with E-state index in [1.54, 1.807) is 18.3 Å². The summed E-state index contributed by atoms with van der Waals surface area (Å²) in [6, 6.07) is 3.29. The van der Waals surface area contributed by atoms with Crippen LogP contribution in [0, 0.1) is 5.92 Å². The lowest BCUT2D eigenvalue weighted by atomic mass is 10.1. The van der Waals surface area contributed by atoms with E-state index >= 15 is 0 Å². The van der Waals surface area contributed by atoms with Gasteiger partial charge in [0.2, 0.25) is 5.91 Å². The Labute approximate surface area is 93.8 Å². The number of hydrogen-bond acceptors (Lipinski definition) is 3. The lowest BCUT2D eigenvalue weighted by Crippen LogP contribution is -2.28. The number of pyridine rings is 1. The Hall–Kier alpha value is -1.13. The van der Waals surface area contributed by atoms with E-state index in [9.17, 15) is 4.79 Å². The monoisotopic (exact) mass is 227 g/mol. The molecule has 82 valence electrons. The zero-order valence-electron chi connectivity index (χ0n) is 8.53. The SMILES string of the molecule is CCC(CN)C(=O)Nc1ccnc(Cl)c1. The number of hydrogen-bond donors (Lipinski definition) is 2. The molecular weight excluding hydrogens is 214 g/mol. The number of nitrogens with two attached hydrogens (primary N) is 1.